The van der Waals surface area contributed by atoms with Gasteiger partial charge in [0.1, 0.15) is 5.82 Å². The minimum Gasteiger partial charge on any atom is -0.305 e. The molecular formula is C47H49FIrN2SSi-2. The number of rotatable bonds is 7. The fraction of sp³-hybridized carbons (Fsp3) is 0.277. The van der Waals surface area contributed by atoms with Crippen molar-refractivity contribution in [3.8, 4) is 33.6 Å². The number of halogens is 1. The largest absolute Gasteiger partial charge is 0.305 e. The Labute approximate surface area is 334 Å². The molecule has 0 unspecified atom stereocenters. The van der Waals surface area contributed by atoms with Crippen LogP contribution >= 0.6 is 11.3 Å². The van der Waals surface area contributed by atoms with E-state index in [4.69, 9.17) is 4.98 Å². The number of fused-ring (bicyclic) bond motifs is 3. The third kappa shape index (κ3) is 9.85. The number of hydrogen-bond donors (Lipinski definition) is 0. The molecule has 0 aliphatic heterocycles. The molecule has 53 heavy (non-hydrogen) atoms. The Balaban J connectivity index is 0.000000223. The molecule has 7 aromatic rings. The predicted octanol–water partition coefficient (Wildman–Crippen LogP) is 12.9. The minimum atomic E-state index is -1.34. The standard InChI is InChI=1S/C29H25FNS.C18H24NSi.Ir/c1-18-17-31-26(14-21(18)16-29(2,3)4)25-10-6-9-24-23-12-11-20(15-27(23)32-28(24)25)19-7-5-8-22(30)13-19;1-14(2)11-16-12-17(15-9-7-6-8-10-15)19-13-18(16)20(3,4)5;/h5-9,11-15,17H,16H2,1-4H3;6-9,12-14H,11H2,1-5H3;/q2*-1;. The van der Waals surface area contributed by atoms with Crippen molar-refractivity contribution < 1.29 is 24.5 Å². The maximum Gasteiger partial charge on any atom is 0.123 e. The third-order valence-corrected chi connectivity index (χ3v) is 12.4. The van der Waals surface area contributed by atoms with Gasteiger partial charge in [-0.15, -0.1) is 59.7 Å². The molecule has 0 bridgehead atoms. The molecule has 0 aliphatic carbocycles. The van der Waals surface area contributed by atoms with Gasteiger partial charge in [-0.05, 0) is 92.6 Å². The van der Waals surface area contributed by atoms with Crippen LogP contribution in [0, 0.1) is 36.2 Å². The van der Waals surface area contributed by atoms with Crippen LogP contribution in [0.25, 0.3) is 53.8 Å². The van der Waals surface area contributed by atoms with E-state index in [1.807, 2.05) is 36.5 Å². The zero-order valence-corrected chi connectivity index (χ0v) is 36.5. The van der Waals surface area contributed by atoms with Crippen LogP contribution in [0.5, 0.6) is 0 Å². The van der Waals surface area contributed by atoms with Gasteiger partial charge in [0, 0.05) is 37.2 Å². The van der Waals surface area contributed by atoms with Gasteiger partial charge in [-0.3, -0.25) is 0 Å². The van der Waals surface area contributed by atoms with Crippen LogP contribution in [0.1, 0.15) is 51.3 Å². The fourth-order valence-corrected chi connectivity index (χ4v) is 9.56. The first-order valence-corrected chi connectivity index (χ1v) is 22.5. The maximum absolute atomic E-state index is 13.7. The third-order valence-electron chi connectivity index (χ3n) is 9.19. The Morgan fingerprint density at radius 3 is 2.19 bits per heavy atom. The Morgan fingerprint density at radius 2 is 1.51 bits per heavy atom. The Morgan fingerprint density at radius 1 is 0.774 bits per heavy atom. The van der Waals surface area contributed by atoms with E-state index in [9.17, 15) is 4.39 Å². The number of hydrogen-bond acceptors (Lipinski definition) is 3. The molecule has 7 rings (SSSR count). The molecule has 4 aromatic carbocycles. The number of thiophene rings is 1. The summed E-state index contributed by atoms with van der Waals surface area (Å²) in [5, 5.41) is 3.91. The van der Waals surface area contributed by atoms with Crippen molar-refractivity contribution in [3.05, 3.63) is 138 Å². The first kappa shape index (κ1) is 40.4. The first-order valence-electron chi connectivity index (χ1n) is 18.2. The molecule has 0 saturated carbocycles. The van der Waals surface area contributed by atoms with Crippen LogP contribution in [0.3, 0.4) is 0 Å². The van der Waals surface area contributed by atoms with E-state index in [0.29, 0.717) is 5.92 Å². The van der Waals surface area contributed by atoms with Crippen LogP contribution in [0.4, 0.5) is 4.39 Å². The summed E-state index contributed by atoms with van der Waals surface area (Å²) in [5.74, 6) is 0.451. The molecule has 0 spiro atoms. The average Bonchev–Trinajstić information content (AvgIpc) is 3.47. The molecule has 0 aliphatic rings. The van der Waals surface area contributed by atoms with E-state index in [1.54, 1.807) is 23.5 Å². The summed E-state index contributed by atoms with van der Waals surface area (Å²) in [5.41, 5.74) is 10.3. The topological polar surface area (TPSA) is 25.8 Å². The van der Waals surface area contributed by atoms with Gasteiger partial charge in [0.05, 0.1) is 8.07 Å². The van der Waals surface area contributed by atoms with Gasteiger partial charge in [-0.2, -0.15) is 11.3 Å². The summed E-state index contributed by atoms with van der Waals surface area (Å²) in [6.45, 7) is 20.7. The average molecular weight is 913 g/mol. The van der Waals surface area contributed by atoms with Crippen LogP contribution in [0.15, 0.2) is 103 Å². The molecule has 0 amide bonds. The van der Waals surface area contributed by atoms with Gasteiger partial charge >= 0.3 is 0 Å². The molecule has 3 heterocycles. The van der Waals surface area contributed by atoms with Crippen molar-refractivity contribution in [2.75, 3.05) is 0 Å². The van der Waals surface area contributed by atoms with Crippen molar-refractivity contribution in [2.45, 2.75) is 74.0 Å². The number of pyridine rings is 2. The van der Waals surface area contributed by atoms with Gasteiger partial charge in [0.15, 0.2) is 0 Å². The van der Waals surface area contributed by atoms with Crippen molar-refractivity contribution >= 4 is 44.8 Å². The molecule has 0 saturated heterocycles. The number of benzene rings is 4. The van der Waals surface area contributed by atoms with Crippen LogP contribution in [-0.4, -0.2) is 18.0 Å². The van der Waals surface area contributed by atoms with Gasteiger partial charge in [-0.25, -0.2) is 4.39 Å². The first-order chi connectivity index (χ1) is 24.7. The van der Waals surface area contributed by atoms with Crippen LogP contribution < -0.4 is 5.19 Å². The van der Waals surface area contributed by atoms with Crippen molar-refractivity contribution in [1.82, 2.24) is 9.97 Å². The monoisotopic (exact) mass is 913 g/mol. The van der Waals surface area contributed by atoms with Crippen molar-refractivity contribution in [1.29, 1.82) is 0 Å². The summed E-state index contributed by atoms with van der Waals surface area (Å²) >= 11 is 1.75. The summed E-state index contributed by atoms with van der Waals surface area (Å²) in [6.07, 6.45) is 6.23. The molecule has 1 radical (unpaired) electrons. The number of aromatic nitrogens is 2. The zero-order valence-electron chi connectivity index (χ0n) is 32.3. The summed E-state index contributed by atoms with van der Waals surface area (Å²) in [4.78, 5) is 9.45. The molecule has 0 atom stereocenters. The van der Waals surface area contributed by atoms with Crippen LogP contribution in [0.2, 0.25) is 19.6 Å². The Bertz CT molecular complexity index is 2330. The smallest absolute Gasteiger partial charge is 0.123 e. The van der Waals surface area contributed by atoms with E-state index < -0.39 is 8.07 Å². The SMILES string of the molecule is CC(C)Cc1cc(-c2[c-]cccc2)ncc1[Si](C)(C)C.Cc1cnc(-c2[c-]ccc3c2sc2cc(-c4cccc(F)c4)ccc23)cc1CC(C)(C)C.[Ir]. The Hall–Kier alpha value is -3.80. The molecule has 2 nitrogen and oxygen atoms in total. The molecule has 0 fully saturated rings. The Kier molecular flexibility index (Phi) is 12.7. The van der Waals surface area contributed by atoms with E-state index in [-0.39, 0.29) is 31.3 Å². The zero-order chi connectivity index (χ0) is 37.2. The van der Waals surface area contributed by atoms with E-state index in [1.165, 1.54) is 48.1 Å². The summed E-state index contributed by atoms with van der Waals surface area (Å²) in [6, 6.07) is 36.6. The van der Waals surface area contributed by atoms with E-state index in [2.05, 4.69) is 127 Å². The minimum absolute atomic E-state index is 0. The van der Waals surface area contributed by atoms with Gasteiger partial charge in [0.25, 0.3) is 0 Å². The van der Waals surface area contributed by atoms with Gasteiger partial charge in [0.2, 0.25) is 0 Å². The second kappa shape index (κ2) is 16.7. The second-order valence-electron chi connectivity index (χ2n) is 16.5. The number of nitrogens with zero attached hydrogens (tertiary/aromatic N) is 2. The normalized spacial score (nSPS) is 11.8. The van der Waals surface area contributed by atoms with Crippen LogP contribution in [-0.2, 0) is 32.9 Å². The summed E-state index contributed by atoms with van der Waals surface area (Å²) < 4.78 is 16.1. The van der Waals surface area contributed by atoms with Crippen molar-refractivity contribution in [2.24, 2.45) is 11.3 Å². The molecule has 275 valence electrons. The fourth-order valence-electron chi connectivity index (χ4n) is 6.72. The van der Waals surface area contributed by atoms with Crippen molar-refractivity contribution in [3.63, 3.8) is 0 Å². The number of aryl methyl sites for hydroxylation is 1. The molecule has 6 heteroatoms. The molecule has 0 N–H and O–H groups in total. The second-order valence-corrected chi connectivity index (χ2v) is 22.6. The van der Waals surface area contributed by atoms with E-state index >= 15 is 0 Å². The predicted molar refractivity (Wildman–Crippen MR) is 225 cm³/mol. The molecular weight excluding hydrogens is 864 g/mol. The quantitative estimate of drug-likeness (QED) is 0.118. The molecule has 3 aromatic heterocycles. The van der Waals surface area contributed by atoms with Gasteiger partial charge < -0.3 is 9.97 Å². The summed E-state index contributed by atoms with van der Waals surface area (Å²) in [7, 11) is -1.34. The van der Waals surface area contributed by atoms with Gasteiger partial charge in [-0.1, -0.05) is 107 Å². The van der Waals surface area contributed by atoms with E-state index in [0.717, 1.165) is 46.5 Å². The maximum atomic E-state index is 13.7.